The number of para-hydroxylation sites is 2. The summed E-state index contributed by atoms with van der Waals surface area (Å²) < 4.78 is 6.41. The fourth-order valence-electron chi connectivity index (χ4n) is 3.30. The molecule has 30 heavy (non-hydrogen) atoms. The second-order valence-electron chi connectivity index (χ2n) is 6.71. The predicted molar refractivity (Wildman–Crippen MR) is 114 cm³/mol. The largest absolute Gasteiger partial charge is 0.467 e. The summed E-state index contributed by atoms with van der Waals surface area (Å²) in [7, 11) is 1.29. The van der Waals surface area contributed by atoms with Crippen molar-refractivity contribution < 1.29 is 14.3 Å². The predicted octanol–water partition coefficient (Wildman–Crippen LogP) is 3.52. The van der Waals surface area contributed by atoms with Gasteiger partial charge in [-0.3, -0.25) is 4.79 Å². The van der Waals surface area contributed by atoms with Crippen LogP contribution in [0.3, 0.4) is 0 Å². The van der Waals surface area contributed by atoms with Crippen LogP contribution in [0.25, 0.3) is 16.6 Å². The number of carbonyl (C=O) groups excluding carboxylic acids is 2. The number of ether oxygens (including phenoxy) is 1. The SMILES string of the molecule is COC(=O)[C@@H](Cc1c[nH]c2ccccc12)NC(=O)c1ccn(-c2ccccc2Cl)n1. The van der Waals surface area contributed by atoms with Crippen molar-refractivity contribution >= 4 is 34.4 Å². The number of rotatable bonds is 6. The second-order valence-corrected chi connectivity index (χ2v) is 7.12. The van der Waals surface area contributed by atoms with Crippen molar-refractivity contribution in [3.63, 3.8) is 0 Å². The van der Waals surface area contributed by atoms with E-state index in [-0.39, 0.29) is 12.1 Å². The Morgan fingerprint density at radius 3 is 2.73 bits per heavy atom. The van der Waals surface area contributed by atoms with Crippen LogP contribution in [0.5, 0.6) is 0 Å². The summed E-state index contributed by atoms with van der Waals surface area (Å²) in [5, 5.41) is 8.52. The van der Waals surface area contributed by atoms with E-state index in [1.165, 1.54) is 11.8 Å². The van der Waals surface area contributed by atoms with Gasteiger partial charge in [0.1, 0.15) is 6.04 Å². The van der Waals surface area contributed by atoms with E-state index in [1.54, 1.807) is 24.4 Å². The van der Waals surface area contributed by atoms with Gasteiger partial charge in [-0.05, 0) is 29.8 Å². The number of nitrogens with one attached hydrogen (secondary N) is 2. The highest BCUT2D eigenvalue weighted by Gasteiger charge is 2.25. The highest BCUT2D eigenvalue weighted by Crippen LogP contribution is 2.20. The minimum absolute atomic E-state index is 0.169. The van der Waals surface area contributed by atoms with Gasteiger partial charge >= 0.3 is 5.97 Å². The molecule has 152 valence electrons. The summed E-state index contributed by atoms with van der Waals surface area (Å²) in [5.74, 6) is -1.00. The van der Waals surface area contributed by atoms with Gasteiger partial charge in [0, 0.05) is 29.7 Å². The summed E-state index contributed by atoms with van der Waals surface area (Å²) >= 11 is 6.19. The number of benzene rings is 2. The summed E-state index contributed by atoms with van der Waals surface area (Å²) in [6, 6.07) is 15.7. The van der Waals surface area contributed by atoms with Gasteiger partial charge in [-0.25, -0.2) is 9.48 Å². The smallest absolute Gasteiger partial charge is 0.328 e. The van der Waals surface area contributed by atoms with Gasteiger partial charge in [-0.15, -0.1) is 0 Å². The normalized spacial score (nSPS) is 11.9. The number of esters is 1. The zero-order valence-corrected chi connectivity index (χ0v) is 16.9. The van der Waals surface area contributed by atoms with Gasteiger partial charge in [0.15, 0.2) is 5.69 Å². The first kappa shape index (κ1) is 19.7. The zero-order chi connectivity index (χ0) is 21.1. The third kappa shape index (κ3) is 3.92. The lowest BCUT2D eigenvalue weighted by Gasteiger charge is -2.15. The molecule has 0 aliphatic rings. The fraction of sp³-hybridized carbons (Fsp3) is 0.136. The van der Waals surface area contributed by atoms with Crippen LogP contribution in [-0.4, -0.2) is 39.8 Å². The number of amides is 1. The second kappa shape index (κ2) is 8.42. The van der Waals surface area contributed by atoms with E-state index in [4.69, 9.17) is 16.3 Å². The minimum atomic E-state index is -0.854. The van der Waals surface area contributed by atoms with Crippen LogP contribution in [0.1, 0.15) is 16.1 Å². The molecule has 0 bridgehead atoms. The van der Waals surface area contributed by atoms with Crippen LogP contribution < -0.4 is 5.32 Å². The van der Waals surface area contributed by atoms with Crippen molar-refractivity contribution in [1.82, 2.24) is 20.1 Å². The molecule has 1 amide bonds. The van der Waals surface area contributed by atoms with Crippen molar-refractivity contribution in [2.45, 2.75) is 12.5 Å². The average molecular weight is 423 g/mol. The van der Waals surface area contributed by atoms with Crippen molar-refractivity contribution in [1.29, 1.82) is 0 Å². The Balaban J connectivity index is 1.54. The number of aromatic nitrogens is 3. The summed E-state index contributed by atoms with van der Waals surface area (Å²) in [6.07, 6.45) is 3.76. The quantitative estimate of drug-likeness (QED) is 0.465. The third-order valence-corrected chi connectivity index (χ3v) is 5.13. The number of hydrogen-bond acceptors (Lipinski definition) is 4. The Kier molecular flexibility index (Phi) is 5.54. The summed E-state index contributed by atoms with van der Waals surface area (Å²) in [5.41, 5.74) is 2.69. The van der Waals surface area contributed by atoms with Gasteiger partial charge in [-0.2, -0.15) is 5.10 Å². The molecule has 2 N–H and O–H groups in total. The maximum atomic E-state index is 12.8. The van der Waals surface area contributed by atoms with Crippen molar-refractivity contribution in [2.75, 3.05) is 7.11 Å². The van der Waals surface area contributed by atoms with E-state index in [9.17, 15) is 9.59 Å². The van der Waals surface area contributed by atoms with Gasteiger partial charge < -0.3 is 15.0 Å². The molecule has 2 aromatic heterocycles. The van der Waals surface area contributed by atoms with E-state index in [0.717, 1.165) is 16.5 Å². The monoisotopic (exact) mass is 422 g/mol. The van der Waals surface area contributed by atoms with Crippen molar-refractivity contribution in [2.24, 2.45) is 0 Å². The Labute approximate surface area is 177 Å². The van der Waals surface area contributed by atoms with Gasteiger partial charge in [0.25, 0.3) is 5.91 Å². The molecule has 7 nitrogen and oxygen atoms in total. The van der Waals surface area contributed by atoms with E-state index in [1.807, 2.05) is 42.6 Å². The Morgan fingerprint density at radius 1 is 1.17 bits per heavy atom. The van der Waals surface area contributed by atoms with Gasteiger partial charge in [0.05, 0.1) is 17.8 Å². The fourth-order valence-corrected chi connectivity index (χ4v) is 3.53. The van der Waals surface area contributed by atoms with Crippen LogP contribution >= 0.6 is 11.6 Å². The lowest BCUT2D eigenvalue weighted by molar-refractivity contribution is -0.142. The lowest BCUT2D eigenvalue weighted by Crippen LogP contribution is -2.43. The van der Waals surface area contributed by atoms with E-state index >= 15 is 0 Å². The highest BCUT2D eigenvalue weighted by atomic mass is 35.5. The molecule has 0 spiro atoms. The van der Waals surface area contributed by atoms with Crippen LogP contribution in [0.2, 0.25) is 5.02 Å². The first-order valence-corrected chi connectivity index (χ1v) is 9.69. The third-order valence-electron chi connectivity index (χ3n) is 4.81. The number of aromatic amines is 1. The number of fused-ring (bicyclic) bond motifs is 1. The zero-order valence-electron chi connectivity index (χ0n) is 16.1. The first-order valence-electron chi connectivity index (χ1n) is 9.31. The molecule has 0 aliphatic carbocycles. The molecule has 2 heterocycles. The Bertz CT molecular complexity index is 1210. The van der Waals surface area contributed by atoms with Crippen LogP contribution in [0, 0.1) is 0 Å². The molecule has 0 saturated heterocycles. The molecule has 4 aromatic rings. The molecule has 0 saturated carbocycles. The van der Waals surface area contributed by atoms with Gasteiger partial charge in [-0.1, -0.05) is 41.9 Å². The molecular weight excluding hydrogens is 404 g/mol. The molecular formula is C22H19ClN4O3. The number of carbonyl (C=O) groups is 2. The van der Waals surface area contributed by atoms with Crippen LogP contribution in [0.4, 0.5) is 0 Å². The highest BCUT2D eigenvalue weighted by molar-refractivity contribution is 6.32. The Hall–Kier alpha value is -3.58. The van der Waals surface area contributed by atoms with Gasteiger partial charge in [0.2, 0.25) is 0 Å². The van der Waals surface area contributed by atoms with E-state index in [2.05, 4.69) is 15.4 Å². The molecule has 2 aromatic carbocycles. The molecule has 4 rings (SSSR count). The molecule has 8 heteroatoms. The summed E-state index contributed by atoms with van der Waals surface area (Å²) in [4.78, 5) is 28.3. The standard InChI is InChI=1S/C22H19ClN4O3/c1-30-22(29)19(12-14-13-24-17-8-4-2-6-15(14)17)25-21(28)18-10-11-27(26-18)20-9-5-3-7-16(20)23/h2-11,13,19,24H,12H2,1H3,(H,25,28)/t19-/m1/s1. The summed E-state index contributed by atoms with van der Waals surface area (Å²) in [6.45, 7) is 0. The maximum absolute atomic E-state index is 12.8. The van der Waals surface area contributed by atoms with E-state index < -0.39 is 17.9 Å². The molecule has 0 unspecified atom stereocenters. The number of H-pyrrole nitrogens is 1. The molecule has 1 atom stereocenters. The van der Waals surface area contributed by atoms with Crippen LogP contribution in [-0.2, 0) is 16.0 Å². The number of hydrogen-bond donors (Lipinski definition) is 2. The topological polar surface area (TPSA) is 89.0 Å². The molecule has 0 radical (unpaired) electrons. The van der Waals surface area contributed by atoms with Crippen LogP contribution in [0.15, 0.2) is 67.0 Å². The van der Waals surface area contributed by atoms with E-state index in [0.29, 0.717) is 10.7 Å². The lowest BCUT2D eigenvalue weighted by atomic mass is 10.0. The molecule has 0 fully saturated rings. The minimum Gasteiger partial charge on any atom is -0.467 e. The Morgan fingerprint density at radius 2 is 1.93 bits per heavy atom. The maximum Gasteiger partial charge on any atom is 0.328 e. The average Bonchev–Trinajstić information content (AvgIpc) is 3.41. The molecule has 0 aliphatic heterocycles. The van der Waals surface area contributed by atoms with Crippen molar-refractivity contribution in [3.8, 4) is 5.69 Å². The van der Waals surface area contributed by atoms with Crippen molar-refractivity contribution in [3.05, 3.63) is 83.3 Å². The number of halogens is 1. The number of methoxy groups -OCH3 is 1. The first-order chi connectivity index (χ1) is 14.6. The number of nitrogens with zero attached hydrogens (tertiary/aromatic N) is 2.